The third kappa shape index (κ3) is 3.20. The summed E-state index contributed by atoms with van der Waals surface area (Å²) in [6, 6.07) is 19.1. The molecule has 0 aliphatic carbocycles. The van der Waals surface area contributed by atoms with E-state index in [0.29, 0.717) is 12.5 Å². The van der Waals surface area contributed by atoms with E-state index in [2.05, 4.69) is 58.7 Å². The van der Waals surface area contributed by atoms with E-state index in [9.17, 15) is 0 Å². The standard InChI is InChI=1S/C18H19N3/c19-11-17(10-14-4-2-1-3-5-14)15-6-8-16(9-7-15)18-12-20-21-13-18/h1-9,12-13,17H,10-11,19H2,(H,20,21). The average molecular weight is 277 g/mol. The zero-order chi connectivity index (χ0) is 14.5. The van der Waals surface area contributed by atoms with Crippen molar-refractivity contribution in [1.29, 1.82) is 0 Å². The Morgan fingerprint density at radius 3 is 2.33 bits per heavy atom. The molecule has 0 radical (unpaired) electrons. The molecule has 3 rings (SSSR count). The Labute approximate surface area is 124 Å². The van der Waals surface area contributed by atoms with Crippen molar-refractivity contribution in [3.8, 4) is 11.1 Å². The fourth-order valence-corrected chi connectivity index (χ4v) is 2.59. The van der Waals surface area contributed by atoms with Crippen LogP contribution in [0.3, 0.4) is 0 Å². The molecule has 0 saturated carbocycles. The Morgan fingerprint density at radius 2 is 1.71 bits per heavy atom. The SMILES string of the molecule is NCC(Cc1ccccc1)c1ccc(-c2cn[nH]c2)cc1. The summed E-state index contributed by atoms with van der Waals surface area (Å²) in [6.45, 7) is 0.653. The summed E-state index contributed by atoms with van der Waals surface area (Å²) >= 11 is 0. The predicted molar refractivity (Wildman–Crippen MR) is 86.0 cm³/mol. The molecule has 1 unspecified atom stereocenters. The number of aromatic nitrogens is 2. The lowest BCUT2D eigenvalue weighted by Crippen LogP contribution is -2.15. The van der Waals surface area contributed by atoms with Crippen LogP contribution >= 0.6 is 0 Å². The van der Waals surface area contributed by atoms with Crippen LogP contribution in [0.2, 0.25) is 0 Å². The summed E-state index contributed by atoms with van der Waals surface area (Å²) in [4.78, 5) is 0. The predicted octanol–water partition coefficient (Wildman–Crippen LogP) is 3.36. The molecule has 2 aromatic carbocycles. The fourth-order valence-electron chi connectivity index (χ4n) is 2.59. The van der Waals surface area contributed by atoms with Crippen molar-refractivity contribution in [2.24, 2.45) is 5.73 Å². The molecular formula is C18H19N3. The van der Waals surface area contributed by atoms with Crippen LogP contribution in [0.25, 0.3) is 11.1 Å². The summed E-state index contributed by atoms with van der Waals surface area (Å²) in [5, 5.41) is 6.82. The molecule has 1 aromatic heterocycles. The molecular weight excluding hydrogens is 258 g/mol. The number of aromatic amines is 1. The monoisotopic (exact) mass is 277 g/mol. The van der Waals surface area contributed by atoms with Gasteiger partial charge in [-0.05, 0) is 29.7 Å². The number of nitrogens with zero attached hydrogens (tertiary/aromatic N) is 1. The van der Waals surface area contributed by atoms with E-state index in [1.807, 2.05) is 18.5 Å². The van der Waals surface area contributed by atoms with Gasteiger partial charge in [0, 0.05) is 17.7 Å². The summed E-state index contributed by atoms with van der Waals surface area (Å²) in [6.07, 6.45) is 4.71. The number of nitrogens with one attached hydrogen (secondary N) is 1. The minimum Gasteiger partial charge on any atom is -0.330 e. The third-order valence-electron chi connectivity index (χ3n) is 3.82. The van der Waals surface area contributed by atoms with Crippen LogP contribution < -0.4 is 5.73 Å². The lowest BCUT2D eigenvalue weighted by Gasteiger charge is -2.15. The first-order chi connectivity index (χ1) is 10.4. The van der Waals surface area contributed by atoms with Gasteiger partial charge in [-0.2, -0.15) is 5.10 Å². The van der Waals surface area contributed by atoms with Crippen molar-refractivity contribution in [2.45, 2.75) is 12.3 Å². The maximum absolute atomic E-state index is 5.97. The lowest BCUT2D eigenvalue weighted by molar-refractivity contribution is 0.694. The van der Waals surface area contributed by atoms with Crippen LogP contribution in [-0.2, 0) is 6.42 Å². The first-order valence-corrected chi connectivity index (χ1v) is 7.20. The largest absolute Gasteiger partial charge is 0.330 e. The minimum absolute atomic E-state index is 0.353. The van der Waals surface area contributed by atoms with Crippen molar-refractivity contribution in [2.75, 3.05) is 6.54 Å². The first kappa shape index (κ1) is 13.6. The highest BCUT2D eigenvalue weighted by atomic mass is 15.1. The van der Waals surface area contributed by atoms with Gasteiger partial charge in [0.25, 0.3) is 0 Å². The molecule has 0 amide bonds. The summed E-state index contributed by atoms with van der Waals surface area (Å²) in [5.74, 6) is 0.353. The van der Waals surface area contributed by atoms with E-state index in [-0.39, 0.29) is 0 Å². The Bertz CT molecular complexity index is 657. The second-order valence-corrected chi connectivity index (χ2v) is 5.23. The Morgan fingerprint density at radius 1 is 0.952 bits per heavy atom. The van der Waals surface area contributed by atoms with E-state index < -0.39 is 0 Å². The maximum Gasteiger partial charge on any atom is 0.0565 e. The fraction of sp³-hybridized carbons (Fsp3) is 0.167. The Kier molecular flexibility index (Phi) is 4.12. The molecule has 0 spiro atoms. The number of hydrogen-bond donors (Lipinski definition) is 2. The Hall–Kier alpha value is -2.39. The molecule has 1 heterocycles. The highest BCUT2D eigenvalue weighted by Gasteiger charge is 2.11. The molecule has 21 heavy (non-hydrogen) atoms. The van der Waals surface area contributed by atoms with E-state index >= 15 is 0 Å². The van der Waals surface area contributed by atoms with Crippen molar-refractivity contribution in [1.82, 2.24) is 10.2 Å². The van der Waals surface area contributed by atoms with Crippen LogP contribution in [0.4, 0.5) is 0 Å². The number of benzene rings is 2. The molecule has 106 valence electrons. The van der Waals surface area contributed by atoms with Gasteiger partial charge in [0.2, 0.25) is 0 Å². The van der Waals surface area contributed by atoms with E-state index in [1.165, 1.54) is 16.7 Å². The van der Waals surface area contributed by atoms with Gasteiger partial charge in [0.15, 0.2) is 0 Å². The maximum atomic E-state index is 5.97. The second kappa shape index (κ2) is 6.37. The molecule has 0 saturated heterocycles. The summed E-state index contributed by atoms with van der Waals surface area (Å²) in [5.41, 5.74) is 10.9. The van der Waals surface area contributed by atoms with Gasteiger partial charge in [-0.15, -0.1) is 0 Å². The number of rotatable bonds is 5. The van der Waals surface area contributed by atoms with Crippen LogP contribution in [-0.4, -0.2) is 16.7 Å². The molecule has 0 bridgehead atoms. The number of H-pyrrole nitrogens is 1. The zero-order valence-electron chi connectivity index (χ0n) is 11.9. The van der Waals surface area contributed by atoms with E-state index in [0.717, 1.165) is 12.0 Å². The molecule has 3 aromatic rings. The number of nitrogens with two attached hydrogens (primary N) is 1. The molecule has 0 aliphatic rings. The van der Waals surface area contributed by atoms with Gasteiger partial charge in [0.05, 0.1) is 6.20 Å². The van der Waals surface area contributed by atoms with Crippen molar-refractivity contribution in [3.05, 3.63) is 78.1 Å². The molecule has 3 heteroatoms. The van der Waals surface area contributed by atoms with Gasteiger partial charge in [0.1, 0.15) is 0 Å². The molecule has 1 atom stereocenters. The smallest absolute Gasteiger partial charge is 0.0565 e. The zero-order valence-corrected chi connectivity index (χ0v) is 11.9. The van der Waals surface area contributed by atoms with Crippen molar-refractivity contribution < 1.29 is 0 Å². The second-order valence-electron chi connectivity index (χ2n) is 5.23. The molecule has 0 aliphatic heterocycles. The van der Waals surface area contributed by atoms with Crippen molar-refractivity contribution >= 4 is 0 Å². The van der Waals surface area contributed by atoms with E-state index in [1.54, 1.807) is 0 Å². The molecule has 3 nitrogen and oxygen atoms in total. The van der Waals surface area contributed by atoms with Crippen LogP contribution in [0, 0.1) is 0 Å². The van der Waals surface area contributed by atoms with Crippen LogP contribution in [0.1, 0.15) is 17.0 Å². The van der Waals surface area contributed by atoms with Gasteiger partial charge in [-0.25, -0.2) is 0 Å². The average Bonchev–Trinajstić information content (AvgIpc) is 3.08. The normalized spacial score (nSPS) is 12.2. The summed E-state index contributed by atoms with van der Waals surface area (Å²) in [7, 11) is 0. The van der Waals surface area contributed by atoms with Gasteiger partial charge in [-0.1, -0.05) is 54.6 Å². The first-order valence-electron chi connectivity index (χ1n) is 7.20. The third-order valence-corrected chi connectivity index (χ3v) is 3.82. The van der Waals surface area contributed by atoms with Crippen LogP contribution in [0.5, 0.6) is 0 Å². The lowest BCUT2D eigenvalue weighted by atomic mass is 9.91. The topological polar surface area (TPSA) is 54.7 Å². The van der Waals surface area contributed by atoms with Gasteiger partial charge >= 0.3 is 0 Å². The van der Waals surface area contributed by atoms with Crippen LogP contribution in [0.15, 0.2) is 67.0 Å². The summed E-state index contributed by atoms with van der Waals surface area (Å²) < 4.78 is 0. The van der Waals surface area contributed by atoms with Gasteiger partial charge in [-0.3, -0.25) is 5.10 Å². The van der Waals surface area contributed by atoms with E-state index in [4.69, 9.17) is 5.73 Å². The molecule has 0 fully saturated rings. The molecule has 3 N–H and O–H groups in total. The van der Waals surface area contributed by atoms with Gasteiger partial charge < -0.3 is 5.73 Å². The highest BCUT2D eigenvalue weighted by Crippen LogP contribution is 2.24. The minimum atomic E-state index is 0.353. The Balaban J connectivity index is 1.78. The highest BCUT2D eigenvalue weighted by molar-refractivity contribution is 5.61. The van der Waals surface area contributed by atoms with Crippen molar-refractivity contribution in [3.63, 3.8) is 0 Å². The number of hydrogen-bond acceptors (Lipinski definition) is 2. The quantitative estimate of drug-likeness (QED) is 0.751.